The van der Waals surface area contributed by atoms with Crippen molar-refractivity contribution >= 4 is 11.7 Å². The lowest BCUT2D eigenvalue weighted by Crippen LogP contribution is -2.45. The van der Waals surface area contributed by atoms with Crippen molar-refractivity contribution in [3.63, 3.8) is 0 Å². The van der Waals surface area contributed by atoms with Gasteiger partial charge in [-0.3, -0.25) is 4.79 Å². The predicted molar refractivity (Wildman–Crippen MR) is 70.3 cm³/mol. The van der Waals surface area contributed by atoms with Gasteiger partial charge in [0.1, 0.15) is 11.6 Å². The van der Waals surface area contributed by atoms with Crippen LogP contribution < -0.4 is 11.1 Å². The highest BCUT2D eigenvalue weighted by Gasteiger charge is 2.17. The molecule has 20 heavy (non-hydrogen) atoms. The molecule has 0 aromatic heterocycles. The number of hydrogen-bond donors (Lipinski definition) is 3. The summed E-state index contributed by atoms with van der Waals surface area (Å²) in [5, 5.41) is 14.0. The lowest BCUT2D eigenvalue weighted by molar-refractivity contribution is -0.120. The molecule has 110 valence electrons. The van der Waals surface area contributed by atoms with Gasteiger partial charge in [0.25, 0.3) is 0 Å². The Balaban J connectivity index is 2.70. The molecule has 0 spiro atoms. The quantitative estimate of drug-likeness (QED) is 0.320. The Hall–Kier alpha value is -2.18. The van der Waals surface area contributed by atoms with Gasteiger partial charge in [0.05, 0.1) is 12.5 Å². The van der Waals surface area contributed by atoms with Crippen molar-refractivity contribution in [3.8, 4) is 0 Å². The summed E-state index contributed by atoms with van der Waals surface area (Å²) in [5.74, 6) is -2.08. The number of amidine groups is 1. The first kappa shape index (κ1) is 15.9. The third-order valence-corrected chi connectivity index (χ3v) is 2.75. The number of carbonyl (C=O) groups is 1. The van der Waals surface area contributed by atoms with Crippen LogP contribution in [0.2, 0.25) is 0 Å². The van der Waals surface area contributed by atoms with Gasteiger partial charge < -0.3 is 16.3 Å². The Kier molecular flexibility index (Phi) is 5.89. The average Bonchev–Trinajstić information content (AvgIpc) is 2.40. The van der Waals surface area contributed by atoms with Crippen LogP contribution in [-0.4, -0.2) is 23.0 Å². The van der Waals surface area contributed by atoms with E-state index in [0.29, 0.717) is 12.8 Å². The van der Waals surface area contributed by atoms with Crippen LogP contribution in [0.3, 0.4) is 0 Å². The Morgan fingerprint density at radius 3 is 2.75 bits per heavy atom. The van der Waals surface area contributed by atoms with Gasteiger partial charge in [-0.2, -0.15) is 0 Å². The van der Waals surface area contributed by atoms with Crippen LogP contribution in [0.5, 0.6) is 0 Å². The highest BCUT2D eigenvalue weighted by molar-refractivity contribution is 5.90. The van der Waals surface area contributed by atoms with Gasteiger partial charge in [0.15, 0.2) is 5.84 Å². The topological polar surface area (TPSA) is 87.7 Å². The maximum absolute atomic E-state index is 13.4. The van der Waals surface area contributed by atoms with E-state index in [4.69, 9.17) is 10.9 Å². The SMILES string of the molecule is CCCC(NC(=O)Cc1ccc(F)cc1F)/C(N)=N/O. The zero-order valence-corrected chi connectivity index (χ0v) is 11.1. The maximum atomic E-state index is 13.4. The summed E-state index contributed by atoms with van der Waals surface area (Å²) >= 11 is 0. The standard InChI is InChI=1S/C13H17F2N3O2/c1-2-3-11(13(16)18-20)17-12(19)6-8-4-5-9(14)7-10(8)15/h4-5,7,11,20H,2-3,6H2,1H3,(H2,16,18)(H,17,19). The number of carbonyl (C=O) groups excluding carboxylic acids is 1. The maximum Gasteiger partial charge on any atom is 0.225 e. The minimum Gasteiger partial charge on any atom is -0.409 e. The number of nitrogens with zero attached hydrogens (tertiary/aromatic N) is 1. The fourth-order valence-electron chi connectivity index (χ4n) is 1.74. The number of oxime groups is 1. The Labute approximate surface area is 115 Å². The lowest BCUT2D eigenvalue weighted by atomic mass is 10.1. The molecule has 5 nitrogen and oxygen atoms in total. The minimum atomic E-state index is -0.781. The third-order valence-electron chi connectivity index (χ3n) is 2.75. The second-order valence-corrected chi connectivity index (χ2v) is 4.35. The first-order valence-corrected chi connectivity index (χ1v) is 6.18. The largest absolute Gasteiger partial charge is 0.409 e. The monoisotopic (exact) mass is 285 g/mol. The first-order valence-electron chi connectivity index (χ1n) is 6.18. The van der Waals surface area contributed by atoms with Gasteiger partial charge in [-0.25, -0.2) is 8.78 Å². The fourth-order valence-corrected chi connectivity index (χ4v) is 1.74. The van der Waals surface area contributed by atoms with Crippen molar-refractivity contribution in [2.24, 2.45) is 10.9 Å². The number of benzene rings is 1. The number of halogens is 2. The van der Waals surface area contributed by atoms with Gasteiger partial charge in [-0.15, -0.1) is 0 Å². The third kappa shape index (κ3) is 4.49. The summed E-state index contributed by atoms with van der Waals surface area (Å²) < 4.78 is 26.2. The molecule has 4 N–H and O–H groups in total. The van der Waals surface area contributed by atoms with Crippen molar-refractivity contribution in [2.45, 2.75) is 32.2 Å². The molecule has 1 rings (SSSR count). The van der Waals surface area contributed by atoms with E-state index in [1.165, 1.54) is 6.07 Å². The van der Waals surface area contributed by atoms with Crippen molar-refractivity contribution in [3.05, 3.63) is 35.4 Å². The molecule has 0 fully saturated rings. The molecule has 1 aromatic carbocycles. The Morgan fingerprint density at radius 1 is 1.50 bits per heavy atom. The van der Waals surface area contributed by atoms with E-state index >= 15 is 0 Å². The molecule has 7 heteroatoms. The molecule has 0 saturated heterocycles. The Morgan fingerprint density at radius 2 is 2.20 bits per heavy atom. The summed E-state index contributed by atoms with van der Waals surface area (Å²) in [5.41, 5.74) is 5.54. The molecule has 0 saturated carbocycles. The van der Waals surface area contributed by atoms with Crippen LogP contribution in [0.1, 0.15) is 25.3 Å². The second kappa shape index (κ2) is 7.42. The zero-order chi connectivity index (χ0) is 15.1. The van der Waals surface area contributed by atoms with Crippen LogP contribution in [0, 0.1) is 11.6 Å². The van der Waals surface area contributed by atoms with E-state index in [9.17, 15) is 13.6 Å². The van der Waals surface area contributed by atoms with Crippen molar-refractivity contribution in [2.75, 3.05) is 0 Å². The molecule has 0 radical (unpaired) electrons. The molecule has 1 aromatic rings. The minimum absolute atomic E-state index is 0.0821. The molecule has 1 unspecified atom stereocenters. The van der Waals surface area contributed by atoms with E-state index in [1.807, 2.05) is 6.92 Å². The van der Waals surface area contributed by atoms with Gasteiger partial charge in [0.2, 0.25) is 5.91 Å². The molecule has 1 amide bonds. The summed E-state index contributed by atoms with van der Waals surface area (Å²) in [7, 11) is 0. The van der Waals surface area contributed by atoms with Gasteiger partial charge in [-0.1, -0.05) is 24.6 Å². The Bertz CT molecular complexity index is 506. The molecule has 1 atom stereocenters. The number of hydrogen-bond acceptors (Lipinski definition) is 3. The molecule has 0 aliphatic rings. The van der Waals surface area contributed by atoms with E-state index < -0.39 is 23.6 Å². The van der Waals surface area contributed by atoms with E-state index in [-0.39, 0.29) is 17.8 Å². The zero-order valence-electron chi connectivity index (χ0n) is 11.1. The summed E-state index contributed by atoms with van der Waals surface area (Å²) in [6.45, 7) is 1.88. The molecular formula is C13H17F2N3O2. The van der Waals surface area contributed by atoms with Gasteiger partial charge in [-0.05, 0) is 18.1 Å². The molecule has 0 bridgehead atoms. The second-order valence-electron chi connectivity index (χ2n) is 4.35. The number of rotatable bonds is 6. The normalized spacial score (nSPS) is 13.1. The summed E-state index contributed by atoms with van der Waals surface area (Å²) in [4.78, 5) is 11.8. The van der Waals surface area contributed by atoms with Crippen LogP contribution >= 0.6 is 0 Å². The lowest BCUT2D eigenvalue weighted by Gasteiger charge is -2.16. The van der Waals surface area contributed by atoms with Crippen LogP contribution in [0.4, 0.5) is 8.78 Å². The highest BCUT2D eigenvalue weighted by atomic mass is 19.1. The van der Waals surface area contributed by atoms with Gasteiger partial charge >= 0.3 is 0 Å². The van der Waals surface area contributed by atoms with Crippen LogP contribution in [0.15, 0.2) is 23.4 Å². The summed E-state index contributed by atoms with van der Waals surface area (Å²) in [6.07, 6.45) is 0.963. The van der Waals surface area contributed by atoms with Crippen molar-refractivity contribution in [1.82, 2.24) is 5.32 Å². The molecule has 0 aliphatic carbocycles. The van der Waals surface area contributed by atoms with Crippen LogP contribution in [0.25, 0.3) is 0 Å². The summed E-state index contributed by atoms with van der Waals surface area (Å²) in [6, 6.07) is 2.40. The molecule has 0 heterocycles. The van der Waals surface area contributed by atoms with Crippen molar-refractivity contribution < 1.29 is 18.8 Å². The number of amides is 1. The number of nitrogens with two attached hydrogens (primary N) is 1. The smallest absolute Gasteiger partial charge is 0.225 e. The van der Waals surface area contributed by atoms with E-state index in [1.54, 1.807) is 0 Å². The average molecular weight is 285 g/mol. The predicted octanol–water partition coefficient (Wildman–Crippen LogP) is 1.54. The van der Waals surface area contributed by atoms with E-state index in [0.717, 1.165) is 12.1 Å². The fraction of sp³-hybridized carbons (Fsp3) is 0.385. The first-order chi connectivity index (χ1) is 9.47. The molecular weight excluding hydrogens is 268 g/mol. The highest BCUT2D eigenvalue weighted by Crippen LogP contribution is 2.10. The van der Waals surface area contributed by atoms with Crippen molar-refractivity contribution in [1.29, 1.82) is 0 Å². The van der Waals surface area contributed by atoms with Gasteiger partial charge in [0, 0.05) is 6.07 Å². The van der Waals surface area contributed by atoms with Crippen LogP contribution in [-0.2, 0) is 11.2 Å². The number of nitrogens with one attached hydrogen (secondary N) is 1. The van der Waals surface area contributed by atoms with E-state index in [2.05, 4.69) is 10.5 Å². The molecule has 0 aliphatic heterocycles.